The zero-order valence-electron chi connectivity index (χ0n) is 21.4. The first kappa shape index (κ1) is 28.0. The maximum atomic E-state index is 14.0. The summed E-state index contributed by atoms with van der Waals surface area (Å²) >= 11 is 0. The third kappa shape index (κ3) is 6.05. The number of hydroxylamine groups is 1. The number of halogens is 2. The van der Waals surface area contributed by atoms with Gasteiger partial charge in [-0.05, 0) is 67.8 Å². The summed E-state index contributed by atoms with van der Waals surface area (Å²) in [5.41, 5.74) is 5.17. The van der Waals surface area contributed by atoms with E-state index in [0.717, 1.165) is 22.8 Å². The van der Waals surface area contributed by atoms with Crippen molar-refractivity contribution in [2.75, 3.05) is 5.32 Å². The summed E-state index contributed by atoms with van der Waals surface area (Å²) in [6, 6.07) is 17.8. The first-order valence-corrected chi connectivity index (χ1v) is 11.8. The number of aryl methyl sites for hydroxylation is 2. The second-order valence-corrected chi connectivity index (χ2v) is 8.80. The highest BCUT2D eigenvalue weighted by Gasteiger charge is 2.29. The van der Waals surface area contributed by atoms with Crippen molar-refractivity contribution >= 4 is 17.5 Å². The van der Waals surface area contributed by atoms with Crippen molar-refractivity contribution < 1.29 is 23.6 Å². The zero-order valence-corrected chi connectivity index (χ0v) is 21.4. The van der Waals surface area contributed by atoms with Crippen LogP contribution in [0.5, 0.6) is 0 Å². The van der Waals surface area contributed by atoms with Crippen LogP contribution < -0.4 is 16.1 Å². The fraction of sp³-hybridized carbons (Fsp3) is 0.207. The summed E-state index contributed by atoms with van der Waals surface area (Å²) in [6.45, 7) is 6.58. The molecule has 0 aromatic heterocycles. The SMILES string of the molecule is CCC(F)(F)c1cccc(NC(=O)/C(NO)=C(\C)NC(=O)c2ccc(C#N)c(-c3c(C)cccc3C)c2)c1. The number of nitriles is 1. The highest BCUT2D eigenvalue weighted by atomic mass is 19.3. The number of anilines is 1. The quantitative estimate of drug-likeness (QED) is 0.218. The third-order valence-electron chi connectivity index (χ3n) is 6.15. The maximum Gasteiger partial charge on any atom is 0.275 e. The molecule has 4 N–H and O–H groups in total. The van der Waals surface area contributed by atoms with Gasteiger partial charge in [0.05, 0.1) is 11.6 Å². The number of carbonyl (C=O) groups is 2. The molecule has 3 aromatic carbocycles. The Hall–Kier alpha value is -4.55. The summed E-state index contributed by atoms with van der Waals surface area (Å²) in [5, 5.41) is 24.2. The Labute approximate surface area is 219 Å². The molecule has 196 valence electrons. The molecule has 7 nitrogen and oxygen atoms in total. The van der Waals surface area contributed by atoms with Crippen molar-refractivity contribution in [1.82, 2.24) is 10.8 Å². The average molecular weight is 519 g/mol. The molecule has 0 aliphatic heterocycles. The Morgan fingerprint density at radius 3 is 2.29 bits per heavy atom. The molecule has 0 aliphatic rings. The van der Waals surface area contributed by atoms with E-state index in [0.29, 0.717) is 11.1 Å². The van der Waals surface area contributed by atoms with Crippen LogP contribution >= 0.6 is 0 Å². The highest BCUT2D eigenvalue weighted by Crippen LogP contribution is 2.33. The van der Waals surface area contributed by atoms with E-state index >= 15 is 0 Å². The molecule has 3 aromatic rings. The Morgan fingerprint density at radius 1 is 1.03 bits per heavy atom. The predicted molar refractivity (Wildman–Crippen MR) is 140 cm³/mol. The van der Waals surface area contributed by atoms with E-state index in [1.165, 1.54) is 38.1 Å². The van der Waals surface area contributed by atoms with Crippen LogP contribution in [0.25, 0.3) is 11.1 Å². The average Bonchev–Trinajstić information content (AvgIpc) is 2.89. The fourth-order valence-corrected chi connectivity index (χ4v) is 4.06. The van der Waals surface area contributed by atoms with Gasteiger partial charge in [0.25, 0.3) is 17.7 Å². The second kappa shape index (κ2) is 11.7. The Kier molecular flexibility index (Phi) is 8.61. The third-order valence-corrected chi connectivity index (χ3v) is 6.15. The molecular weight excluding hydrogens is 490 g/mol. The molecular formula is C29H28F2N4O3. The topological polar surface area (TPSA) is 114 Å². The van der Waals surface area contributed by atoms with Crippen molar-refractivity contribution in [3.05, 3.63) is 99.9 Å². The fourth-order valence-electron chi connectivity index (χ4n) is 4.06. The molecule has 0 heterocycles. The number of hydrogen-bond donors (Lipinski definition) is 4. The first-order valence-electron chi connectivity index (χ1n) is 11.8. The van der Waals surface area contributed by atoms with Gasteiger partial charge in [-0.2, -0.15) is 5.26 Å². The van der Waals surface area contributed by atoms with Crippen LogP contribution in [-0.4, -0.2) is 17.0 Å². The number of carbonyl (C=O) groups excluding carboxylic acids is 2. The van der Waals surface area contributed by atoms with Crippen molar-refractivity contribution in [3.8, 4) is 17.2 Å². The number of hydrogen-bond acceptors (Lipinski definition) is 5. The lowest BCUT2D eigenvalue weighted by atomic mass is 9.91. The predicted octanol–water partition coefficient (Wildman–Crippen LogP) is 5.92. The number of alkyl halides is 2. The number of benzene rings is 3. The van der Waals surface area contributed by atoms with E-state index in [9.17, 15) is 28.8 Å². The number of nitrogens with one attached hydrogen (secondary N) is 3. The Balaban J connectivity index is 1.87. The molecule has 0 atom stereocenters. The maximum absolute atomic E-state index is 14.0. The van der Waals surface area contributed by atoms with Gasteiger partial charge in [-0.3, -0.25) is 20.3 Å². The van der Waals surface area contributed by atoms with Crippen LogP contribution in [0, 0.1) is 25.2 Å². The van der Waals surface area contributed by atoms with E-state index in [1.807, 2.05) is 32.0 Å². The van der Waals surface area contributed by atoms with Crippen LogP contribution in [0.2, 0.25) is 0 Å². The monoisotopic (exact) mass is 518 g/mol. The highest BCUT2D eigenvalue weighted by molar-refractivity contribution is 6.05. The normalized spacial score (nSPS) is 11.7. The molecule has 0 aliphatic carbocycles. The van der Waals surface area contributed by atoms with Gasteiger partial charge in [0, 0.05) is 34.5 Å². The van der Waals surface area contributed by atoms with Gasteiger partial charge >= 0.3 is 0 Å². The summed E-state index contributed by atoms with van der Waals surface area (Å²) in [5.74, 6) is -4.49. The van der Waals surface area contributed by atoms with Crippen molar-refractivity contribution in [2.24, 2.45) is 0 Å². The van der Waals surface area contributed by atoms with Crippen molar-refractivity contribution in [2.45, 2.75) is 40.0 Å². The Bertz CT molecular complexity index is 1440. The van der Waals surface area contributed by atoms with Gasteiger partial charge < -0.3 is 10.6 Å². The van der Waals surface area contributed by atoms with Crippen LogP contribution in [0.1, 0.15) is 52.9 Å². The van der Waals surface area contributed by atoms with Gasteiger partial charge in [0.15, 0.2) is 0 Å². The molecule has 0 unspecified atom stereocenters. The first-order chi connectivity index (χ1) is 18.0. The van der Waals surface area contributed by atoms with Crippen LogP contribution in [-0.2, 0) is 10.7 Å². The molecule has 38 heavy (non-hydrogen) atoms. The van der Waals surface area contributed by atoms with E-state index in [-0.39, 0.29) is 28.2 Å². The molecule has 9 heteroatoms. The summed E-state index contributed by atoms with van der Waals surface area (Å²) in [7, 11) is 0. The molecule has 0 spiro atoms. The molecule has 0 saturated carbocycles. The summed E-state index contributed by atoms with van der Waals surface area (Å²) < 4.78 is 28.1. The van der Waals surface area contributed by atoms with Gasteiger partial charge in [-0.25, -0.2) is 8.78 Å². The lowest BCUT2D eigenvalue weighted by molar-refractivity contribution is -0.114. The van der Waals surface area contributed by atoms with Gasteiger partial charge in [-0.1, -0.05) is 37.3 Å². The number of amides is 2. The van der Waals surface area contributed by atoms with Gasteiger partial charge in [-0.15, -0.1) is 0 Å². The largest absolute Gasteiger partial charge is 0.324 e. The minimum atomic E-state index is -3.06. The summed E-state index contributed by atoms with van der Waals surface area (Å²) in [6.07, 6.45) is -0.403. The molecule has 0 bridgehead atoms. The number of rotatable bonds is 8. The van der Waals surface area contributed by atoms with E-state index in [1.54, 1.807) is 17.6 Å². The van der Waals surface area contributed by atoms with Crippen molar-refractivity contribution in [3.63, 3.8) is 0 Å². The van der Waals surface area contributed by atoms with Crippen LogP contribution in [0.3, 0.4) is 0 Å². The zero-order chi connectivity index (χ0) is 28.0. The molecule has 0 radical (unpaired) electrons. The standard InChI is InChI=1S/C29H28F2N4O3/c1-5-29(30,31)22-10-7-11-23(15-22)34-28(37)26(35-38)19(4)33-27(36)20-12-13-21(16-32)24(14-20)25-17(2)8-6-9-18(25)3/h6-15,35,38H,5H2,1-4H3,(H,33,36)(H,34,37)/b26-19-. The summed E-state index contributed by atoms with van der Waals surface area (Å²) in [4.78, 5) is 25.8. The van der Waals surface area contributed by atoms with Crippen LogP contribution in [0.4, 0.5) is 14.5 Å². The smallest absolute Gasteiger partial charge is 0.275 e. The lowest BCUT2D eigenvalue weighted by Gasteiger charge is -2.17. The minimum Gasteiger partial charge on any atom is -0.324 e. The minimum absolute atomic E-state index is 0.0111. The molecule has 3 rings (SSSR count). The van der Waals surface area contributed by atoms with Gasteiger partial charge in [0.1, 0.15) is 5.70 Å². The van der Waals surface area contributed by atoms with Gasteiger partial charge in [0.2, 0.25) is 0 Å². The molecule has 0 fully saturated rings. The number of nitrogens with zero attached hydrogens (tertiary/aromatic N) is 1. The molecule has 0 saturated heterocycles. The van der Waals surface area contributed by atoms with E-state index in [2.05, 4.69) is 16.7 Å². The molecule has 2 amide bonds. The van der Waals surface area contributed by atoms with E-state index in [4.69, 9.17) is 0 Å². The van der Waals surface area contributed by atoms with Crippen LogP contribution in [0.15, 0.2) is 72.1 Å². The Morgan fingerprint density at radius 2 is 1.68 bits per heavy atom. The van der Waals surface area contributed by atoms with E-state index < -0.39 is 24.2 Å². The number of allylic oxidation sites excluding steroid dienone is 1. The second-order valence-electron chi connectivity index (χ2n) is 8.80. The lowest BCUT2D eigenvalue weighted by Crippen LogP contribution is -2.31. The van der Waals surface area contributed by atoms with Crippen molar-refractivity contribution in [1.29, 1.82) is 5.26 Å².